The molecule has 2 aromatic rings. The Morgan fingerprint density at radius 3 is 2.29 bits per heavy atom. The van der Waals surface area contributed by atoms with Gasteiger partial charge in [-0.25, -0.2) is 4.39 Å². The fourth-order valence-electron chi connectivity index (χ4n) is 5.58. The van der Waals surface area contributed by atoms with Crippen molar-refractivity contribution >= 4 is 0 Å². The van der Waals surface area contributed by atoms with Crippen molar-refractivity contribution in [3.63, 3.8) is 0 Å². The van der Waals surface area contributed by atoms with Crippen LogP contribution in [0.2, 0.25) is 0 Å². The van der Waals surface area contributed by atoms with Crippen molar-refractivity contribution in [2.75, 3.05) is 6.61 Å². The molecule has 0 spiro atoms. The molecule has 31 heavy (non-hydrogen) atoms. The van der Waals surface area contributed by atoms with Crippen LogP contribution in [0.3, 0.4) is 0 Å². The van der Waals surface area contributed by atoms with Gasteiger partial charge in [0.1, 0.15) is 11.6 Å². The lowest BCUT2D eigenvalue weighted by atomic mass is 9.63. The van der Waals surface area contributed by atoms with Gasteiger partial charge < -0.3 is 4.74 Å². The molecule has 2 fully saturated rings. The van der Waals surface area contributed by atoms with E-state index in [0.717, 1.165) is 36.2 Å². The molecule has 2 aromatic carbocycles. The summed E-state index contributed by atoms with van der Waals surface area (Å²) in [7, 11) is 0. The Morgan fingerprint density at radius 1 is 0.903 bits per heavy atom. The third-order valence-electron chi connectivity index (χ3n) is 7.33. The first-order chi connectivity index (χ1) is 14.8. The summed E-state index contributed by atoms with van der Waals surface area (Å²) in [5.74, 6) is 2.76. The van der Waals surface area contributed by atoms with Crippen LogP contribution >= 0.6 is 0 Å². The molecule has 0 aromatic heterocycles. The minimum absolute atomic E-state index is 0.118. The van der Waals surface area contributed by atoms with Crippen LogP contribution in [0, 0.1) is 23.6 Å². The van der Waals surface area contributed by atoms with Gasteiger partial charge in [-0.05, 0) is 85.1 Å². The number of ether oxygens (including phenoxy) is 1. The van der Waals surface area contributed by atoms with E-state index in [1.807, 2.05) is 6.07 Å². The van der Waals surface area contributed by atoms with Gasteiger partial charge >= 0.3 is 6.18 Å². The number of fused-ring (bicyclic) bond motifs is 1. The normalized spacial score (nSPS) is 26.4. The van der Waals surface area contributed by atoms with Crippen molar-refractivity contribution in [2.45, 2.75) is 64.0 Å². The van der Waals surface area contributed by atoms with E-state index in [2.05, 4.69) is 6.92 Å². The predicted octanol–water partition coefficient (Wildman–Crippen LogP) is 8.14. The fourth-order valence-corrected chi connectivity index (χ4v) is 5.58. The first-order valence-corrected chi connectivity index (χ1v) is 11.4. The van der Waals surface area contributed by atoms with Gasteiger partial charge in [-0.2, -0.15) is 13.2 Å². The second-order valence-corrected chi connectivity index (χ2v) is 9.28. The summed E-state index contributed by atoms with van der Waals surface area (Å²) in [6.07, 6.45) is 4.44. The van der Waals surface area contributed by atoms with Crippen LogP contribution in [0.25, 0.3) is 11.1 Å². The molecule has 0 radical (unpaired) electrons. The second kappa shape index (κ2) is 9.22. The molecule has 0 bridgehead atoms. The van der Waals surface area contributed by atoms with Crippen molar-refractivity contribution < 1.29 is 22.3 Å². The SMILES string of the molecule is CCC1CCC2CC(c3ccc(-c4ccc(OCC(F)(F)F)cc4)c(F)c3)CCC2C1. The zero-order valence-corrected chi connectivity index (χ0v) is 17.9. The van der Waals surface area contributed by atoms with Crippen molar-refractivity contribution in [1.82, 2.24) is 0 Å². The van der Waals surface area contributed by atoms with Gasteiger partial charge in [-0.1, -0.05) is 44.0 Å². The van der Waals surface area contributed by atoms with Crippen LogP contribution in [0.4, 0.5) is 17.6 Å². The molecule has 0 N–H and O–H groups in total. The summed E-state index contributed by atoms with van der Waals surface area (Å²) in [5.41, 5.74) is 2.16. The van der Waals surface area contributed by atoms with Gasteiger partial charge in [-0.3, -0.25) is 0 Å². The van der Waals surface area contributed by atoms with Crippen molar-refractivity contribution in [3.05, 3.63) is 53.8 Å². The summed E-state index contributed by atoms with van der Waals surface area (Å²) in [5, 5.41) is 0. The summed E-state index contributed by atoms with van der Waals surface area (Å²) in [4.78, 5) is 0. The molecular formula is C26H30F4O. The molecular weight excluding hydrogens is 404 g/mol. The molecule has 2 saturated carbocycles. The summed E-state index contributed by atoms with van der Waals surface area (Å²) >= 11 is 0. The Balaban J connectivity index is 1.42. The van der Waals surface area contributed by atoms with Crippen molar-refractivity contribution in [2.24, 2.45) is 17.8 Å². The fraction of sp³-hybridized carbons (Fsp3) is 0.538. The lowest BCUT2D eigenvalue weighted by Crippen LogP contribution is -2.30. The first kappa shape index (κ1) is 22.2. The highest BCUT2D eigenvalue weighted by molar-refractivity contribution is 5.65. The highest BCUT2D eigenvalue weighted by atomic mass is 19.4. The second-order valence-electron chi connectivity index (χ2n) is 9.28. The van der Waals surface area contributed by atoms with Crippen molar-refractivity contribution in [3.8, 4) is 16.9 Å². The van der Waals surface area contributed by atoms with E-state index < -0.39 is 12.8 Å². The maximum absolute atomic E-state index is 14.9. The molecule has 4 rings (SSSR count). The zero-order valence-electron chi connectivity index (χ0n) is 17.9. The quantitative estimate of drug-likeness (QED) is 0.432. The van der Waals surface area contributed by atoms with Crippen molar-refractivity contribution in [1.29, 1.82) is 0 Å². The third kappa shape index (κ3) is 5.42. The number of hydrogen-bond donors (Lipinski definition) is 0. The van der Waals surface area contributed by atoms with E-state index in [1.165, 1.54) is 44.2 Å². The summed E-state index contributed by atoms with van der Waals surface area (Å²) < 4.78 is 56.5. The molecule has 0 amide bonds. The molecule has 4 atom stereocenters. The number of halogens is 4. The van der Waals surface area contributed by atoms with Gasteiger partial charge in [0.25, 0.3) is 0 Å². The molecule has 5 heteroatoms. The van der Waals surface area contributed by atoms with Crippen LogP contribution in [-0.2, 0) is 0 Å². The van der Waals surface area contributed by atoms with E-state index >= 15 is 0 Å². The molecule has 2 aliphatic rings. The van der Waals surface area contributed by atoms with Gasteiger partial charge in [0.15, 0.2) is 6.61 Å². The van der Waals surface area contributed by atoms with Gasteiger partial charge in [0, 0.05) is 5.56 Å². The van der Waals surface area contributed by atoms with Crippen LogP contribution in [0.15, 0.2) is 42.5 Å². The third-order valence-corrected chi connectivity index (χ3v) is 7.33. The number of hydrogen-bond acceptors (Lipinski definition) is 1. The minimum Gasteiger partial charge on any atom is -0.484 e. The van der Waals surface area contributed by atoms with Gasteiger partial charge in [0.05, 0.1) is 0 Å². The largest absolute Gasteiger partial charge is 0.484 e. The maximum Gasteiger partial charge on any atom is 0.422 e. The Bertz CT molecular complexity index is 874. The lowest BCUT2D eigenvalue weighted by Gasteiger charge is -2.42. The van der Waals surface area contributed by atoms with Crippen LogP contribution in [0.5, 0.6) is 5.75 Å². The predicted molar refractivity (Wildman–Crippen MR) is 115 cm³/mol. The Labute approximate surface area is 181 Å². The van der Waals surface area contributed by atoms with Crippen LogP contribution in [-0.4, -0.2) is 12.8 Å². The monoisotopic (exact) mass is 434 g/mol. The number of alkyl halides is 3. The Hall–Kier alpha value is -2.04. The zero-order chi connectivity index (χ0) is 22.0. The topological polar surface area (TPSA) is 9.23 Å². The molecule has 0 heterocycles. The number of rotatable bonds is 5. The van der Waals surface area contributed by atoms with Gasteiger partial charge in [-0.15, -0.1) is 0 Å². The van der Waals surface area contributed by atoms with E-state index in [9.17, 15) is 17.6 Å². The molecule has 0 saturated heterocycles. The van der Waals surface area contributed by atoms with Gasteiger partial charge in [0.2, 0.25) is 0 Å². The molecule has 4 unspecified atom stereocenters. The van der Waals surface area contributed by atoms with Crippen LogP contribution in [0.1, 0.15) is 63.4 Å². The number of benzene rings is 2. The standard InChI is InChI=1S/C26H30F4O/c1-2-17-3-4-20-14-21(6-5-19(20)13-17)22-9-12-24(25(27)15-22)18-7-10-23(11-8-18)31-16-26(28,29)30/h7-12,15,17,19-21H,2-6,13-14,16H2,1H3. The summed E-state index contributed by atoms with van der Waals surface area (Å²) in [6, 6.07) is 11.6. The average Bonchev–Trinajstić information content (AvgIpc) is 2.77. The smallest absolute Gasteiger partial charge is 0.422 e. The maximum atomic E-state index is 14.9. The molecule has 0 aliphatic heterocycles. The minimum atomic E-state index is -4.38. The summed E-state index contributed by atoms with van der Waals surface area (Å²) in [6.45, 7) is 0.960. The molecule has 168 valence electrons. The highest BCUT2D eigenvalue weighted by Crippen LogP contribution is 2.48. The Morgan fingerprint density at radius 2 is 1.61 bits per heavy atom. The lowest BCUT2D eigenvalue weighted by molar-refractivity contribution is -0.153. The van der Waals surface area contributed by atoms with E-state index in [0.29, 0.717) is 17.0 Å². The highest BCUT2D eigenvalue weighted by Gasteiger charge is 2.35. The van der Waals surface area contributed by atoms with E-state index in [1.54, 1.807) is 24.3 Å². The Kier molecular flexibility index (Phi) is 6.59. The molecule has 1 nitrogen and oxygen atoms in total. The van der Waals surface area contributed by atoms with E-state index in [4.69, 9.17) is 4.74 Å². The average molecular weight is 435 g/mol. The van der Waals surface area contributed by atoms with E-state index in [-0.39, 0.29) is 11.6 Å². The van der Waals surface area contributed by atoms with Crippen LogP contribution < -0.4 is 4.74 Å². The first-order valence-electron chi connectivity index (χ1n) is 11.4. The molecule has 2 aliphatic carbocycles.